The molecule has 0 aliphatic rings. The topological polar surface area (TPSA) is 97.4 Å². The van der Waals surface area contributed by atoms with Gasteiger partial charge in [0.1, 0.15) is 9.96 Å². The Bertz CT molecular complexity index is 1010. The molecule has 7 nitrogen and oxygen atoms in total. The van der Waals surface area contributed by atoms with Crippen molar-refractivity contribution < 1.29 is 17.9 Å². The van der Waals surface area contributed by atoms with Crippen molar-refractivity contribution in [3.05, 3.63) is 35.7 Å². The molecule has 2 aromatic heterocycles. The normalized spacial score (nSPS) is 12.8. The van der Waals surface area contributed by atoms with Gasteiger partial charge in [0, 0.05) is 0 Å². The van der Waals surface area contributed by atoms with Gasteiger partial charge in [0.15, 0.2) is 5.13 Å². The minimum Gasteiger partial charge on any atom is -0.494 e. The summed E-state index contributed by atoms with van der Waals surface area (Å²) in [6, 6.07) is 7.68. The van der Waals surface area contributed by atoms with Crippen LogP contribution in [-0.2, 0) is 14.8 Å². The number of hydrogen-bond donors (Lipinski definition) is 2. The van der Waals surface area contributed by atoms with Crippen LogP contribution in [0.3, 0.4) is 0 Å². The number of nitrogens with zero attached hydrogens (tertiary/aromatic N) is 1. The molecule has 0 saturated heterocycles. The molecule has 3 aromatic rings. The molecule has 0 radical (unpaired) electrons. The lowest BCUT2D eigenvalue weighted by Gasteiger charge is -2.12. The predicted molar refractivity (Wildman–Crippen MR) is 104 cm³/mol. The van der Waals surface area contributed by atoms with Gasteiger partial charge in [-0.1, -0.05) is 17.4 Å². The number of carbonyl (C=O) groups is 1. The van der Waals surface area contributed by atoms with Crippen molar-refractivity contribution in [2.45, 2.75) is 24.1 Å². The van der Waals surface area contributed by atoms with Crippen LogP contribution in [0.4, 0.5) is 5.13 Å². The molecule has 1 atom stereocenters. The van der Waals surface area contributed by atoms with E-state index in [1.165, 1.54) is 24.3 Å². The number of hydrogen-bond acceptors (Lipinski definition) is 7. The van der Waals surface area contributed by atoms with Gasteiger partial charge in [0.25, 0.3) is 10.0 Å². The van der Waals surface area contributed by atoms with Gasteiger partial charge in [-0.05, 0) is 43.5 Å². The fourth-order valence-corrected chi connectivity index (χ4v) is 5.30. The summed E-state index contributed by atoms with van der Waals surface area (Å²) in [6.45, 7) is 3.96. The highest BCUT2D eigenvalue weighted by atomic mass is 32.2. The standard InChI is InChI=1S/C16H17N3O4S3/c1-3-23-11-6-7-12-13(9-11)25-16(17-12)18-15(20)10(2)19-26(21,22)14-5-4-8-24-14/h4-10,19H,3H2,1-2H3,(H,17,18,20). The first-order chi connectivity index (χ1) is 12.4. The molecule has 0 saturated carbocycles. The zero-order valence-electron chi connectivity index (χ0n) is 14.1. The maximum atomic E-state index is 12.3. The van der Waals surface area contributed by atoms with E-state index in [0.717, 1.165) is 27.3 Å². The third kappa shape index (κ3) is 4.21. The molecule has 1 unspecified atom stereocenters. The van der Waals surface area contributed by atoms with Crippen LogP contribution in [0.1, 0.15) is 13.8 Å². The molecule has 1 amide bonds. The van der Waals surface area contributed by atoms with Crippen LogP contribution >= 0.6 is 22.7 Å². The van der Waals surface area contributed by atoms with E-state index in [1.807, 2.05) is 25.1 Å². The first kappa shape index (κ1) is 18.8. The van der Waals surface area contributed by atoms with Crippen molar-refractivity contribution in [2.75, 3.05) is 11.9 Å². The van der Waals surface area contributed by atoms with E-state index in [9.17, 15) is 13.2 Å². The summed E-state index contributed by atoms with van der Waals surface area (Å²) < 4.78 is 33.2. The van der Waals surface area contributed by atoms with E-state index >= 15 is 0 Å². The summed E-state index contributed by atoms with van der Waals surface area (Å²) in [5.74, 6) is 0.257. The van der Waals surface area contributed by atoms with E-state index in [0.29, 0.717) is 11.7 Å². The van der Waals surface area contributed by atoms with Crippen molar-refractivity contribution in [2.24, 2.45) is 0 Å². The van der Waals surface area contributed by atoms with Crippen LogP contribution in [-0.4, -0.2) is 32.0 Å². The van der Waals surface area contributed by atoms with Gasteiger partial charge in [-0.15, -0.1) is 11.3 Å². The highest BCUT2D eigenvalue weighted by Gasteiger charge is 2.23. The van der Waals surface area contributed by atoms with Gasteiger partial charge < -0.3 is 10.1 Å². The average Bonchev–Trinajstić information content (AvgIpc) is 3.23. The number of anilines is 1. The molecule has 0 bridgehead atoms. The summed E-state index contributed by atoms with van der Waals surface area (Å²) in [4.78, 5) is 16.7. The molecule has 10 heteroatoms. The minimum atomic E-state index is -3.72. The van der Waals surface area contributed by atoms with E-state index in [-0.39, 0.29) is 4.21 Å². The lowest BCUT2D eigenvalue weighted by Crippen LogP contribution is -2.41. The zero-order valence-corrected chi connectivity index (χ0v) is 16.5. The molecule has 138 valence electrons. The van der Waals surface area contributed by atoms with E-state index in [2.05, 4.69) is 15.0 Å². The Hall–Kier alpha value is -2.01. The Labute approximate surface area is 159 Å². The average molecular weight is 412 g/mol. The molecule has 0 spiro atoms. The van der Waals surface area contributed by atoms with E-state index in [1.54, 1.807) is 11.4 Å². The first-order valence-corrected chi connectivity index (χ1v) is 11.0. The number of rotatable bonds is 7. The van der Waals surface area contributed by atoms with Crippen molar-refractivity contribution in [1.82, 2.24) is 9.71 Å². The molecular formula is C16H17N3O4S3. The molecule has 2 N–H and O–H groups in total. The van der Waals surface area contributed by atoms with Crippen LogP contribution in [0.15, 0.2) is 39.9 Å². The Morgan fingerprint density at radius 1 is 1.35 bits per heavy atom. The van der Waals surface area contributed by atoms with Crippen LogP contribution < -0.4 is 14.8 Å². The van der Waals surface area contributed by atoms with Gasteiger partial charge in [-0.3, -0.25) is 4.79 Å². The van der Waals surface area contributed by atoms with Gasteiger partial charge in [0.05, 0.1) is 22.9 Å². The third-order valence-electron chi connectivity index (χ3n) is 3.39. The largest absolute Gasteiger partial charge is 0.494 e. The van der Waals surface area contributed by atoms with Crippen LogP contribution in [0.25, 0.3) is 10.2 Å². The zero-order chi connectivity index (χ0) is 18.7. The minimum absolute atomic E-state index is 0.167. The Morgan fingerprint density at radius 2 is 2.15 bits per heavy atom. The van der Waals surface area contributed by atoms with Crippen LogP contribution in [0, 0.1) is 0 Å². The molecular weight excluding hydrogens is 394 g/mol. The molecule has 26 heavy (non-hydrogen) atoms. The number of benzene rings is 1. The maximum Gasteiger partial charge on any atom is 0.250 e. The smallest absolute Gasteiger partial charge is 0.250 e. The second-order valence-electron chi connectivity index (χ2n) is 5.35. The summed E-state index contributed by atoms with van der Waals surface area (Å²) in [5, 5.41) is 4.72. The lowest BCUT2D eigenvalue weighted by molar-refractivity contribution is -0.117. The summed E-state index contributed by atoms with van der Waals surface area (Å²) in [5.41, 5.74) is 0.737. The maximum absolute atomic E-state index is 12.3. The molecule has 2 heterocycles. The Balaban J connectivity index is 1.70. The molecule has 3 rings (SSSR count). The lowest BCUT2D eigenvalue weighted by atomic mass is 10.3. The Kier molecular flexibility index (Phi) is 5.56. The van der Waals surface area contributed by atoms with Crippen molar-refractivity contribution in [1.29, 1.82) is 0 Å². The fraction of sp³-hybridized carbons (Fsp3) is 0.250. The summed E-state index contributed by atoms with van der Waals surface area (Å²) >= 11 is 2.39. The first-order valence-electron chi connectivity index (χ1n) is 7.79. The number of amides is 1. The van der Waals surface area contributed by atoms with Crippen molar-refractivity contribution >= 4 is 54.0 Å². The quantitative estimate of drug-likeness (QED) is 0.623. The fourth-order valence-electron chi connectivity index (χ4n) is 2.19. The van der Waals surface area contributed by atoms with Crippen LogP contribution in [0.2, 0.25) is 0 Å². The number of thiazole rings is 1. The summed E-state index contributed by atoms with van der Waals surface area (Å²) in [7, 11) is -3.72. The van der Waals surface area contributed by atoms with Crippen molar-refractivity contribution in [3.63, 3.8) is 0 Å². The van der Waals surface area contributed by atoms with Gasteiger partial charge in [-0.25, -0.2) is 13.4 Å². The molecule has 0 fully saturated rings. The van der Waals surface area contributed by atoms with E-state index < -0.39 is 22.0 Å². The predicted octanol–water partition coefficient (Wildman–Crippen LogP) is 3.06. The second kappa shape index (κ2) is 7.70. The Morgan fingerprint density at radius 3 is 2.85 bits per heavy atom. The highest BCUT2D eigenvalue weighted by Crippen LogP contribution is 2.29. The molecule has 0 aliphatic heterocycles. The molecule has 1 aromatic carbocycles. The number of carbonyl (C=O) groups excluding carboxylic acids is 1. The number of thiophene rings is 1. The van der Waals surface area contributed by atoms with Gasteiger partial charge in [0.2, 0.25) is 5.91 Å². The number of fused-ring (bicyclic) bond motifs is 1. The third-order valence-corrected chi connectivity index (χ3v) is 7.26. The SMILES string of the molecule is CCOc1ccc2nc(NC(=O)C(C)NS(=O)(=O)c3cccs3)sc2c1. The number of nitrogens with one attached hydrogen (secondary N) is 2. The van der Waals surface area contributed by atoms with Crippen molar-refractivity contribution in [3.8, 4) is 5.75 Å². The summed E-state index contributed by atoms with van der Waals surface area (Å²) in [6.07, 6.45) is 0. The number of ether oxygens (including phenoxy) is 1. The van der Waals surface area contributed by atoms with Crippen LogP contribution in [0.5, 0.6) is 5.75 Å². The molecule has 0 aliphatic carbocycles. The van der Waals surface area contributed by atoms with Gasteiger partial charge in [-0.2, -0.15) is 4.72 Å². The van der Waals surface area contributed by atoms with Gasteiger partial charge >= 0.3 is 0 Å². The number of aromatic nitrogens is 1. The van der Waals surface area contributed by atoms with E-state index in [4.69, 9.17) is 4.74 Å². The highest BCUT2D eigenvalue weighted by molar-refractivity contribution is 7.91. The number of sulfonamides is 1. The monoisotopic (exact) mass is 411 g/mol. The second-order valence-corrected chi connectivity index (χ2v) is 9.27.